The molecule has 0 aliphatic heterocycles. The lowest BCUT2D eigenvalue weighted by Gasteiger charge is -2.08. The van der Waals surface area contributed by atoms with E-state index in [-0.39, 0.29) is 12.3 Å². The van der Waals surface area contributed by atoms with Crippen LogP contribution < -0.4 is 10.1 Å². The van der Waals surface area contributed by atoms with Crippen molar-refractivity contribution in [1.82, 2.24) is 14.9 Å². The number of aromatic nitrogens is 3. The topological polar surface area (TPSA) is 82.2 Å². The van der Waals surface area contributed by atoms with Crippen molar-refractivity contribution in [2.24, 2.45) is 0 Å². The van der Waals surface area contributed by atoms with E-state index in [9.17, 15) is 4.79 Å². The average Bonchev–Trinajstić information content (AvgIpc) is 3.32. The first-order valence-corrected chi connectivity index (χ1v) is 11.5. The van der Waals surface area contributed by atoms with Gasteiger partial charge >= 0.3 is 0 Å². The molecule has 0 radical (unpaired) electrons. The molecule has 33 heavy (non-hydrogen) atoms. The summed E-state index contributed by atoms with van der Waals surface area (Å²) in [6.07, 6.45) is 1.74. The van der Waals surface area contributed by atoms with Gasteiger partial charge in [0.2, 0.25) is 0 Å². The van der Waals surface area contributed by atoms with E-state index in [0.29, 0.717) is 49.0 Å². The second-order valence-corrected chi connectivity index (χ2v) is 9.09. The van der Waals surface area contributed by atoms with Gasteiger partial charge in [-0.15, -0.1) is 0 Å². The van der Waals surface area contributed by atoms with Crippen LogP contribution in [-0.2, 0) is 13.2 Å². The van der Waals surface area contributed by atoms with Gasteiger partial charge in [-0.2, -0.15) is 5.10 Å². The van der Waals surface area contributed by atoms with Crippen molar-refractivity contribution in [3.8, 4) is 5.75 Å². The Morgan fingerprint density at radius 2 is 1.94 bits per heavy atom. The van der Waals surface area contributed by atoms with Crippen LogP contribution in [0.25, 0.3) is 0 Å². The smallest absolute Gasteiger partial charge is 0.279 e. The lowest BCUT2D eigenvalue weighted by Crippen LogP contribution is -2.16. The van der Waals surface area contributed by atoms with Gasteiger partial charge in [0.25, 0.3) is 5.91 Å². The minimum Gasteiger partial charge on any atom is -0.487 e. The third-order valence-electron chi connectivity index (χ3n) is 4.69. The van der Waals surface area contributed by atoms with Gasteiger partial charge in [-0.3, -0.25) is 9.48 Å². The van der Waals surface area contributed by atoms with Gasteiger partial charge in [0, 0.05) is 6.20 Å². The van der Waals surface area contributed by atoms with Crippen molar-refractivity contribution in [3.63, 3.8) is 0 Å². The number of amides is 1. The van der Waals surface area contributed by atoms with E-state index in [0.717, 1.165) is 5.56 Å². The van der Waals surface area contributed by atoms with Gasteiger partial charge in [0.1, 0.15) is 18.1 Å². The molecule has 0 saturated carbocycles. The Bertz CT molecular complexity index is 1320. The van der Waals surface area contributed by atoms with Gasteiger partial charge < -0.3 is 14.6 Å². The molecule has 0 spiro atoms. The summed E-state index contributed by atoms with van der Waals surface area (Å²) in [7, 11) is 0. The summed E-state index contributed by atoms with van der Waals surface area (Å²) in [6.45, 7) is 2.21. The summed E-state index contributed by atoms with van der Waals surface area (Å²) in [5.41, 5.74) is 1.52. The van der Waals surface area contributed by atoms with Crippen LogP contribution in [0.2, 0.25) is 15.1 Å². The number of carbonyl (C=O) groups excluding carboxylic acids is 1. The van der Waals surface area contributed by atoms with Crippen molar-refractivity contribution in [3.05, 3.63) is 90.8 Å². The van der Waals surface area contributed by atoms with Crippen LogP contribution in [0.1, 0.15) is 27.4 Å². The lowest BCUT2D eigenvalue weighted by molar-refractivity contribution is 0.101. The molecule has 7 nitrogen and oxygen atoms in total. The number of halogens is 4. The highest BCUT2D eigenvalue weighted by atomic mass is 79.9. The Morgan fingerprint density at radius 1 is 1.15 bits per heavy atom. The number of carbonyl (C=O) groups is 1. The zero-order valence-electron chi connectivity index (χ0n) is 17.1. The van der Waals surface area contributed by atoms with Crippen LogP contribution in [0.5, 0.6) is 5.75 Å². The predicted molar refractivity (Wildman–Crippen MR) is 130 cm³/mol. The maximum atomic E-state index is 12.9. The summed E-state index contributed by atoms with van der Waals surface area (Å²) in [5, 5.41) is 12.5. The number of aryl methyl sites for hydroxylation is 1. The van der Waals surface area contributed by atoms with Gasteiger partial charge in [0.05, 0.1) is 31.6 Å². The van der Waals surface area contributed by atoms with Crippen LogP contribution in [0.3, 0.4) is 0 Å². The number of hydrogen-bond donors (Lipinski definition) is 1. The molecule has 1 amide bonds. The summed E-state index contributed by atoms with van der Waals surface area (Å²) in [6, 6.07) is 12.4. The first kappa shape index (κ1) is 23.6. The van der Waals surface area contributed by atoms with Gasteiger partial charge in [-0.25, -0.2) is 0 Å². The monoisotopic (exact) mass is 568 g/mol. The number of anilines is 1. The van der Waals surface area contributed by atoms with Gasteiger partial charge in [-0.05, 0) is 52.7 Å². The lowest BCUT2D eigenvalue weighted by atomic mass is 10.2. The zero-order chi connectivity index (χ0) is 23.5. The zero-order valence-corrected chi connectivity index (χ0v) is 21.0. The molecule has 0 fully saturated rings. The Morgan fingerprint density at radius 3 is 2.70 bits per heavy atom. The molecule has 0 bridgehead atoms. The number of rotatable bonds is 7. The summed E-state index contributed by atoms with van der Waals surface area (Å²) < 4.78 is 13.2. The van der Waals surface area contributed by atoms with Crippen LogP contribution in [0.4, 0.5) is 5.82 Å². The molecule has 11 heteroatoms. The molecular weight excluding hydrogens is 555 g/mol. The molecule has 1 N–H and O–H groups in total. The fraction of sp³-hybridized carbons (Fsp3) is 0.136. The Hall–Kier alpha value is -2.52. The number of nitrogens with zero attached hydrogens (tertiary/aromatic N) is 3. The average molecular weight is 571 g/mol. The predicted octanol–water partition coefficient (Wildman–Crippen LogP) is 6.78. The Kier molecular flexibility index (Phi) is 7.29. The van der Waals surface area contributed by atoms with Crippen LogP contribution >= 0.6 is 50.7 Å². The van der Waals surface area contributed by atoms with Crippen molar-refractivity contribution >= 4 is 62.5 Å². The number of benzene rings is 2. The third-order valence-corrected chi connectivity index (χ3v) is 6.32. The van der Waals surface area contributed by atoms with Crippen molar-refractivity contribution in [1.29, 1.82) is 0 Å². The summed E-state index contributed by atoms with van der Waals surface area (Å²) in [4.78, 5) is 12.9. The van der Waals surface area contributed by atoms with E-state index in [2.05, 4.69) is 31.5 Å². The first-order chi connectivity index (χ1) is 15.8. The van der Waals surface area contributed by atoms with Crippen LogP contribution in [0.15, 0.2) is 57.7 Å². The van der Waals surface area contributed by atoms with E-state index in [1.165, 1.54) is 0 Å². The quantitative estimate of drug-likeness (QED) is 0.265. The maximum Gasteiger partial charge on any atom is 0.279 e. The third kappa shape index (κ3) is 5.52. The fourth-order valence-corrected chi connectivity index (χ4v) is 3.93. The minimum absolute atomic E-state index is 0.0642. The highest BCUT2D eigenvalue weighted by molar-refractivity contribution is 9.10. The molecule has 2 aromatic heterocycles. The molecular formula is C22H16BrCl3N4O3. The van der Waals surface area contributed by atoms with E-state index in [1.54, 1.807) is 54.2 Å². The second kappa shape index (κ2) is 10.2. The normalized spacial score (nSPS) is 10.9. The van der Waals surface area contributed by atoms with Crippen molar-refractivity contribution in [2.75, 3.05) is 5.32 Å². The molecule has 170 valence electrons. The van der Waals surface area contributed by atoms with Gasteiger partial charge in [-0.1, -0.05) is 58.2 Å². The minimum atomic E-state index is -0.481. The van der Waals surface area contributed by atoms with Gasteiger partial charge in [0.15, 0.2) is 11.5 Å². The molecule has 0 aliphatic rings. The summed E-state index contributed by atoms with van der Waals surface area (Å²) in [5.74, 6) is 0.815. The number of ether oxygens (including phenoxy) is 1. The largest absolute Gasteiger partial charge is 0.487 e. The Labute approximate surface area is 212 Å². The summed E-state index contributed by atoms with van der Waals surface area (Å²) >= 11 is 21.6. The highest BCUT2D eigenvalue weighted by Crippen LogP contribution is 2.27. The van der Waals surface area contributed by atoms with Crippen LogP contribution in [-0.4, -0.2) is 20.8 Å². The molecule has 0 unspecified atom stereocenters. The fourth-order valence-electron chi connectivity index (χ4n) is 3.01. The standard InChI is InChI=1S/C22H16BrCl3N4O3/c1-12-14(11-32-19-5-3-2-4-17(19)25)20(29-33-12)22(31)27-21-15(23)10-30(28-21)9-13-6-7-16(24)18(26)8-13/h2-8,10H,9,11H2,1H3,(H,27,28,31). The second-order valence-electron chi connectivity index (χ2n) is 7.01. The van der Waals surface area contributed by atoms with E-state index >= 15 is 0 Å². The maximum absolute atomic E-state index is 12.9. The molecule has 0 atom stereocenters. The molecule has 0 saturated heterocycles. The number of para-hydroxylation sites is 1. The Balaban J connectivity index is 1.47. The van der Waals surface area contributed by atoms with Crippen molar-refractivity contribution in [2.45, 2.75) is 20.1 Å². The number of nitrogens with one attached hydrogen (secondary N) is 1. The van der Waals surface area contributed by atoms with Crippen molar-refractivity contribution < 1.29 is 14.1 Å². The first-order valence-electron chi connectivity index (χ1n) is 9.62. The molecule has 4 aromatic rings. The SMILES string of the molecule is Cc1onc(C(=O)Nc2nn(Cc3ccc(Cl)c(Cl)c3)cc2Br)c1COc1ccccc1Cl. The van der Waals surface area contributed by atoms with Crippen LogP contribution in [0, 0.1) is 6.92 Å². The van der Waals surface area contributed by atoms with E-state index < -0.39 is 5.91 Å². The molecule has 0 aliphatic carbocycles. The van der Waals surface area contributed by atoms with E-state index in [4.69, 9.17) is 44.1 Å². The molecule has 2 heterocycles. The molecule has 4 rings (SSSR count). The highest BCUT2D eigenvalue weighted by Gasteiger charge is 2.22. The van der Waals surface area contributed by atoms with E-state index in [1.807, 2.05) is 6.07 Å². The molecule has 2 aromatic carbocycles. The number of hydrogen-bond acceptors (Lipinski definition) is 5.